The molecule has 1 aliphatic heterocycles. The molecule has 0 saturated carbocycles. The molecule has 3 heterocycles. The van der Waals surface area contributed by atoms with Gasteiger partial charge in [-0.1, -0.05) is 0 Å². The maximum Gasteiger partial charge on any atom is 0.138 e. The molecule has 2 aromatic rings. The minimum absolute atomic E-state index is 0.753. The van der Waals surface area contributed by atoms with Gasteiger partial charge in [-0.2, -0.15) is 11.8 Å². The molecule has 1 N–H and O–H groups in total. The third-order valence-corrected chi connectivity index (χ3v) is 5.00. The fourth-order valence-corrected chi connectivity index (χ4v) is 3.88. The number of aromatic nitrogens is 2. The fraction of sp³-hybridized carbons (Fsp3) is 0.455. The summed E-state index contributed by atoms with van der Waals surface area (Å²) in [5.41, 5.74) is 0. The van der Waals surface area contributed by atoms with Crippen LogP contribution in [-0.4, -0.2) is 27.5 Å². The van der Waals surface area contributed by atoms with E-state index in [1.54, 1.807) is 17.7 Å². The molecule has 1 saturated heterocycles. The third-order valence-electron chi connectivity index (χ3n) is 2.78. The summed E-state index contributed by atoms with van der Waals surface area (Å²) in [5, 5.41) is 7.42. The average molecular weight is 251 g/mol. The predicted octanol–water partition coefficient (Wildman–Crippen LogP) is 3.00. The molecule has 0 aromatic carbocycles. The maximum absolute atomic E-state index is 4.32. The van der Waals surface area contributed by atoms with Gasteiger partial charge in [0.25, 0.3) is 0 Å². The average Bonchev–Trinajstić information content (AvgIpc) is 2.97. The van der Waals surface area contributed by atoms with Crippen LogP contribution in [-0.2, 0) is 0 Å². The Bertz CT molecular complexity index is 477. The molecule has 16 heavy (non-hydrogen) atoms. The SMILES string of the molecule is c1nc(NCC2CCCS2)c2ccsc2n1. The third kappa shape index (κ3) is 2.01. The van der Waals surface area contributed by atoms with Gasteiger partial charge in [0, 0.05) is 11.8 Å². The number of nitrogens with zero attached hydrogens (tertiary/aromatic N) is 2. The molecule has 0 radical (unpaired) electrons. The zero-order valence-electron chi connectivity index (χ0n) is 8.85. The first kappa shape index (κ1) is 10.4. The van der Waals surface area contributed by atoms with Gasteiger partial charge in [0.05, 0.1) is 5.39 Å². The van der Waals surface area contributed by atoms with Crippen LogP contribution in [0.4, 0.5) is 5.82 Å². The van der Waals surface area contributed by atoms with E-state index in [1.165, 1.54) is 18.6 Å². The number of hydrogen-bond donors (Lipinski definition) is 1. The number of anilines is 1. The molecule has 0 spiro atoms. The fourth-order valence-electron chi connectivity index (χ4n) is 1.95. The smallest absolute Gasteiger partial charge is 0.138 e. The number of nitrogens with one attached hydrogen (secondary N) is 1. The van der Waals surface area contributed by atoms with Gasteiger partial charge in [-0.05, 0) is 30.0 Å². The van der Waals surface area contributed by atoms with E-state index >= 15 is 0 Å². The molecule has 1 fully saturated rings. The normalized spacial score (nSPS) is 20.4. The second-order valence-corrected chi connectivity index (χ2v) is 6.18. The second kappa shape index (κ2) is 4.59. The molecule has 3 rings (SSSR count). The van der Waals surface area contributed by atoms with Crippen molar-refractivity contribution in [3.63, 3.8) is 0 Å². The molecule has 1 atom stereocenters. The Balaban J connectivity index is 1.75. The number of thiophene rings is 1. The van der Waals surface area contributed by atoms with E-state index in [0.717, 1.165) is 27.8 Å². The molecule has 1 aliphatic rings. The van der Waals surface area contributed by atoms with Crippen molar-refractivity contribution in [3.05, 3.63) is 17.8 Å². The Kier molecular flexibility index (Phi) is 2.97. The number of fused-ring (bicyclic) bond motifs is 1. The van der Waals surface area contributed by atoms with Crippen molar-refractivity contribution in [3.8, 4) is 0 Å². The van der Waals surface area contributed by atoms with Gasteiger partial charge >= 0.3 is 0 Å². The van der Waals surface area contributed by atoms with E-state index in [1.807, 2.05) is 0 Å². The second-order valence-electron chi connectivity index (χ2n) is 3.88. The first-order chi connectivity index (χ1) is 7.93. The van der Waals surface area contributed by atoms with Gasteiger partial charge in [-0.3, -0.25) is 0 Å². The van der Waals surface area contributed by atoms with Crippen molar-refractivity contribution in [2.24, 2.45) is 0 Å². The molecule has 84 valence electrons. The highest BCUT2D eigenvalue weighted by molar-refractivity contribution is 8.00. The van der Waals surface area contributed by atoms with Crippen LogP contribution in [0.3, 0.4) is 0 Å². The van der Waals surface area contributed by atoms with Gasteiger partial charge in [0.15, 0.2) is 0 Å². The standard InChI is InChI=1S/C11H13N3S2/c1-2-8(15-4-1)6-12-10-9-3-5-16-11(9)14-7-13-10/h3,5,7-8H,1-2,4,6H2,(H,12,13,14). The van der Waals surface area contributed by atoms with Crippen LogP contribution < -0.4 is 5.32 Å². The van der Waals surface area contributed by atoms with Gasteiger partial charge in [0.1, 0.15) is 17.0 Å². The van der Waals surface area contributed by atoms with Crippen molar-refractivity contribution in [1.29, 1.82) is 0 Å². The van der Waals surface area contributed by atoms with Crippen molar-refractivity contribution in [2.75, 3.05) is 17.6 Å². The lowest BCUT2D eigenvalue weighted by atomic mass is 10.2. The highest BCUT2D eigenvalue weighted by Crippen LogP contribution is 2.28. The molecule has 3 nitrogen and oxygen atoms in total. The zero-order chi connectivity index (χ0) is 10.8. The molecule has 0 bridgehead atoms. The summed E-state index contributed by atoms with van der Waals surface area (Å²) in [6.07, 6.45) is 4.33. The van der Waals surface area contributed by atoms with Crippen LogP contribution in [0.15, 0.2) is 17.8 Å². The Morgan fingerprint density at radius 3 is 3.31 bits per heavy atom. The Labute approximate surface area is 103 Å². The minimum atomic E-state index is 0.753. The summed E-state index contributed by atoms with van der Waals surface area (Å²) in [6, 6.07) is 2.09. The van der Waals surface area contributed by atoms with E-state index < -0.39 is 0 Å². The highest BCUT2D eigenvalue weighted by atomic mass is 32.2. The van der Waals surface area contributed by atoms with Crippen molar-refractivity contribution < 1.29 is 0 Å². The van der Waals surface area contributed by atoms with E-state index in [-0.39, 0.29) is 0 Å². The van der Waals surface area contributed by atoms with Crippen LogP contribution in [0.25, 0.3) is 10.2 Å². The molecular weight excluding hydrogens is 238 g/mol. The van der Waals surface area contributed by atoms with E-state index in [0.29, 0.717) is 0 Å². The van der Waals surface area contributed by atoms with Crippen LogP contribution in [0.2, 0.25) is 0 Å². The lowest BCUT2D eigenvalue weighted by molar-refractivity contribution is 0.804. The first-order valence-corrected chi connectivity index (χ1v) is 7.40. The van der Waals surface area contributed by atoms with Crippen LogP contribution in [0.1, 0.15) is 12.8 Å². The van der Waals surface area contributed by atoms with Gasteiger partial charge in [-0.25, -0.2) is 9.97 Å². The Morgan fingerprint density at radius 2 is 2.44 bits per heavy atom. The first-order valence-electron chi connectivity index (χ1n) is 5.47. The van der Waals surface area contributed by atoms with Gasteiger partial charge < -0.3 is 5.32 Å². The predicted molar refractivity (Wildman–Crippen MR) is 71.4 cm³/mol. The monoisotopic (exact) mass is 251 g/mol. The molecule has 2 aromatic heterocycles. The minimum Gasteiger partial charge on any atom is -0.368 e. The quantitative estimate of drug-likeness (QED) is 0.910. The lowest BCUT2D eigenvalue weighted by Crippen LogP contribution is -2.14. The molecule has 0 amide bonds. The van der Waals surface area contributed by atoms with Crippen molar-refractivity contribution in [2.45, 2.75) is 18.1 Å². The Hall–Kier alpha value is -0.810. The van der Waals surface area contributed by atoms with Crippen molar-refractivity contribution >= 4 is 39.1 Å². The summed E-state index contributed by atoms with van der Waals surface area (Å²) in [7, 11) is 0. The largest absolute Gasteiger partial charge is 0.368 e. The summed E-state index contributed by atoms with van der Waals surface area (Å²) in [6.45, 7) is 1.02. The van der Waals surface area contributed by atoms with Crippen molar-refractivity contribution in [1.82, 2.24) is 9.97 Å². The maximum atomic E-state index is 4.32. The molecule has 5 heteroatoms. The summed E-state index contributed by atoms with van der Waals surface area (Å²) >= 11 is 3.73. The number of thioether (sulfide) groups is 1. The topological polar surface area (TPSA) is 37.8 Å². The van der Waals surface area contributed by atoms with E-state index in [9.17, 15) is 0 Å². The van der Waals surface area contributed by atoms with Crippen LogP contribution >= 0.6 is 23.1 Å². The van der Waals surface area contributed by atoms with E-state index in [2.05, 4.69) is 38.5 Å². The summed E-state index contributed by atoms with van der Waals surface area (Å²) in [5.74, 6) is 2.29. The summed E-state index contributed by atoms with van der Waals surface area (Å²) < 4.78 is 0. The molecular formula is C11H13N3S2. The highest BCUT2D eigenvalue weighted by Gasteiger charge is 2.15. The number of hydrogen-bond acceptors (Lipinski definition) is 5. The number of rotatable bonds is 3. The van der Waals surface area contributed by atoms with Crippen LogP contribution in [0, 0.1) is 0 Å². The molecule has 1 unspecified atom stereocenters. The van der Waals surface area contributed by atoms with Crippen LogP contribution in [0.5, 0.6) is 0 Å². The zero-order valence-corrected chi connectivity index (χ0v) is 10.5. The van der Waals surface area contributed by atoms with E-state index in [4.69, 9.17) is 0 Å². The lowest BCUT2D eigenvalue weighted by Gasteiger charge is -2.10. The Morgan fingerprint density at radius 1 is 1.44 bits per heavy atom. The summed E-state index contributed by atoms with van der Waals surface area (Å²) in [4.78, 5) is 9.63. The van der Waals surface area contributed by atoms with Gasteiger partial charge in [-0.15, -0.1) is 11.3 Å². The van der Waals surface area contributed by atoms with Gasteiger partial charge in [0.2, 0.25) is 0 Å². The molecule has 0 aliphatic carbocycles.